The highest BCUT2D eigenvalue weighted by Crippen LogP contribution is 2.31. The lowest BCUT2D eigenvalue weighted by Gasteiger charge is -1.99. The molecule has 1 aromatic rings. The maximum absolute atomic E-state index is 11.3. The van der Waals surface area contributed by atoms with Crippen molar-refractivity contribution in [2.45, 2.75) is 17.9 Å². The van der Waals surface area contributed by atoms with Crippen molar-refractivity contribution in [3.8, 4) is 0 Å². The average Bonchev–Trinajstić information content (AvgIpc) is 2.47. The lowest BCUT2D eigenvalue weighted by Crippen LogP contribution is -2.02. The van der Waals surface area contributed by atoms with Crippen LogP contribution in [0.25, 0.3) is 0 Å². The van der Waals surface area contributed by atoms with Gasteiger partial charge in [-0.1, -0.05) is 30.0 Å². The molecule has 1 aliphatic heterocycles. The van der Waals surface area contributed by atoms with Gasteiger partial charge >= 0.3 is 5.97 Å². The van der Waals surface area contributed by atoms with E-state index in [0.717, 1.165) is 4.90 Å². The predicted octanol–water partition coefficient (Wildman–Crippen LogP) is 2.61. The second-order valence-corrected chi connectivity index (χ2v) is 4.17. The molecule has 0 aromatic heterocycles. The zero-order valence-corrected chi connectivity index (χ0v) is 8.58. The van der Waals surface area contributed by atoms with Crippen LogP contribution in [0.5, 0.6) is 0 Å². The van der Waals surface area contributed by atoms with Crippen LogP contribution in [0.4, 0.5) is 0 Å². The fourth-order valence-electron chi connectivity index (χ4n) is 1.23. The third kappa shape index (κ3) is 1.99. The van der Waals surface area contributed by atoms with E-state index >= 15 is 0 Å². The molecule has 2 rings (SSSR count). The number of benzene rings is 1. The van der Waals surface area contributed by atoms with Crippen LogP contribution < -0.4 is 0 Å². The van der Waals surface area contributed by atoms with Crippen molar-refractivity contribution >= 4 is 17.7 Å². The standard InChI is InChI=1S/C11H10O2S/c1-8-7-10(11(12)13-8)14-9-5-3-2-4-6-9/h2-8H,1H3. The van der Waals surface area contributed by atoms with Crippen molar-refractivity contribution in [1.29, 1.82) is 0 Å². The third-order valence-electron chi connectivity index (χ3n) is 1.85. The number of carbonyl (C=O) groups is 1. The molecule has 72 valence electrons. The summed E-state index contributed by atoms with van der Waals surface area (Å²) in [4.78, 5) is 13.0. The van der Waals surface area contributed by atoms with Gasteiger partial charge < -0.3 is 4.74 Å². The van der Waals surface area contributed by atoms with E-state index in [1.165, 1.54) is 11.8 Å². The van der Waals surface area contributed by atoms with Gasteiger partial charge in [0.1, 0.15) is 6.10 Å². The van der Waals surface area contributed by atoms with Crippen LogP contribution in [0, 0.1) is 0 Å². The van der Waals surface area contributed by atoms with E-state index in [1.807, 2.05) is 43.3 Å². The van der Waals surface area contributed by atoms with Crippen molar-refractivity contribution in [3.05, 3.63) is 41.3 Å². The highest BCUT2D eigenvalue weighted by atomic mass is 32.2. The predicted molar refractivity (Wildman–Crippen MR) is 55.9 cm³/mol. The SMILES string of the molecule is CC1C=C(Sc2ccccc2)C(=O)O1. The number of cyclic esters (lactones) is 1. The first-order valence-electron chi connectivity index (χ1n) is 4.41. The molecule has 1 atom stereocenters. The van der Waals surface area contributed by atoms with Gasteiger partial charge in [-0.3, -0.25) is 0 Å². The molecule has 1 aliphatic rings. The fraction of sp³-hybridized carbons (Fsp3) is 0.182. The van der Waals surface area contributed by atoms with E-state index < -0.39 is 0 Å². The highest BCUT2D eigenvalue weighted by molar-refractivity contribution is 8.04. The van der Waals surface area contributed by atoms with E-state index in [1.54, 1.807) is 0 Å². The molecule has 1 unspecified atom stereocenters. The molecule has 1 aromatic carbocycles. The molecular formula is C11H10O2S. The first-order chi connectivity index (χ1) is 6.75. The van der Waals surface area contributed by atoms with E-state index in [9.17, 15) is 4.79 Å². The van der Waals surface area contributed by atoms with E-state index in [4.69, 9.17) is 4.74 Å². The van der Waals surface area contributed by atoms with Gasteiger partial charge in [-0.25, -0.2) is 4.79 Å². The Balaban J connectivity index is 2.12. The first-order valence-corrected chi connectivity index (χ1v) is 5.23. The van der Waals surface area contributed by atoms with Gasteiger partial charge in [0, 0.05) is 4.90 Å². The largest absolute Gasteiger partial charge is 0.454 e. The Kier molecular flexibility index (Phi) is 2.59. The Bertz CT molecular complexity index is 370. The average molecular weight is 206 g/mol. The van der Waals surface area contributed by atoms with Gasteiger partial charge in [0.05, 0.1) is 4.91 Å². The summed E-state index contributed by atoms with van der Waals surface area (Å²) in [5, 5.41) is 0. The zero-order chi connectivity index (χ0) is 9.97. The van der Waals surface area contributed by atoms with Crippen molar-refractivity contribution in [3.63, 3.8) is 0 Å². The maximum atomic E-state index is 11.3. The fourth-order valence-corrected chi connectivity index (χ4v) is 2.17. The summed E-state index contributed by atoms with van der Waals surface area (Å²) in [5.74, 6) is -0.216. The molecule has 1 heterocycles. The van der Waals surface area contributed by atoms with Crippen molar-refractivity contribution in [1.82, 2.24) is 0 Å². The number of carbonyl (C=O) groups excluding carboxylic acids is 1. The van der Waals surface area contributed by atoms with Crippen LogP contribution in [0.2, 0.25) is 0 Å². The number of esters is 1. The minimum atomic E-state index is -0.216. The topological polar surface area (TPSA) is 26.3 Å². The van der Waals surface area contributed by atoms with Gasteiger partial charge in [0.25, 0.3) is 0 Å². The van der Waals surface area contributed by atoms with E-state index in [2.05, 4.69) is 0 Å². The van der Waals surface area contributed by atoms with Crippen molar-refractivity contribution in [2.75, 3.05) is 0 Å². The van der Waals surface area contributed by atoms with Crippen LogP contribution in [0.1, 0.15) is 6.92 Å². The monoisotopic (exact) mass is 206 g/mol. The Morgan fingerprint density at radius 3 is 2.57 bits per heavy atom. The quantitative estimate of drug-likeness (QED) is 0.696. The molecule has 0 N–H and O–H groups in total. The molecular weight excluding hydrogens is 196 g/mol. The Morgan fingerprint density at radius 2 is 2.00 bits per heavy atom. The van der Waals surface area contributed by atoms with Crippen molar-refractivity contribution in [2.24, 2.45) is 0 Å². The van der Waals surface area contributed by atoms with Crippen LogP contribution in [-0.4, -0.2) is 12.1 Å². The first kappa shape index (κ1) is 9.34. The molecule has 0 saturated carbocycles. The molecule has 0 spiro atoms. The van der Waals surface area contributed by atoms with Gasteiger partial charge in [-0.05, 0) is 25.1 Å². The molecule has 0 amide bonds. The summed E-state index contributed by atoms with van der Waals surface area (Å²) in [6.07, 6.45) is 1.76. The molecule has 14 heavy (non-hydrogen) atoms. The summed E-state index contributed by atoms with van der Waals surface area (Å²) >= 11 is 1.45. The van der Waals surface area contributed by atoms with Crippen LogP contribution in [0.3, 0.4) is 0 Å². The summed E-state index contributed by atoms with van der Waals surface area (Å²) in [5.41, 5.74) is 0. The third-order valence-corrected chi connectivity index (χ3v) is 2.88. The summed E-state index contributed by atoms with van der Waals surface area (Å²) < 4.78 is 4.99. The second kappa shape index (κ2) is 3.88. The zero-order valence-electron chi connectivity index (χ0n) is 7.77. The minimum Gasteiger partial charge on any atom is -0.454 e. The maximum Gasteiger partial charge on any atom is 0.345 e. The summed E-state index contributed by atoms with van der Waals surface area (Å²) in [6.45, 7) is 1.86. The van der Waals surface area contributed by atoms with Gasteiger partial charge in [-0.2, -0.15) is 0 Å². The van der Waals surface area contributed by atoms with Gasteiger partial charge in [0.2, 0.25) is 0 Å². The normalized spacial score (nSPS) is 20.5. The summed E-state index contributed by atoms with van der Waals surface area (Å²) in [6, 6.07) is 9.80. The number of rotatable bonds is 2. The lowest BCUT2D eigenvalue weighted by atomic mass is 10.4. The number of hydrogen-bond acceptors (Lipinski definition) is 3. The molecule has 0 aliphatic carbocycles. The molecule has 2 nitrogen and oxygen atoms in total. The number of ether oxygens (including phenoxy) is 1. The molecule has 0 radical (unpaired) electrons. The van der Waals surface area contributed by atoms with Gasteiger partial charge in [-0.15, -0.1) is 0 Å². The highest BCUT2D eigenvalue weighted by Gasteiger charge is 2.22. The number of thioether (sulfide) groups is 1. The Labute approximate surface area is 87.0 Å². The second-order valence-electron chi connectivity index (χ2n) is 3.06. The molecule has 0 fully saturated rings. The Hall–Kier alpha value is -1.22. The molecule has 3 heteroatoms. The minimum absolute atomic E-state index is 0.0892. The van der Waals surface area contributed by atoms with E-state index in [-0.39, 0.29) is 12.1 Å². The molecule has 0 saturated heterocycles. The van der Waals surface area contributed by atoms with Crippen LogP contribution in [-0.2, 0) is 9.53 Å². The summed E-state index contributed by atoms with van der Waals surface area (Å²) in [7, 11) is 0. The molecule has 0 bridgehead atoms. The van der Waals surface area contributed by atoms with Crippen LogP contribution >= 0.6 is 11.8 Å². The smallest absolute Gasteiger partial charge is 0.345 e. The van der Waals surface area contributed by atoms with Gasteiger partial charge in [0.15, 0.2) is 0 Å². The lowest BCUT2D eigenvalue weighted by molar-refractivity contribution is -0.138. The van der Waals surface area contributed by atoms with Crippen molar-refractivity contribution < 1.29 is 9.53 Å². The van der Waals surface area contributed by atoms with E-state index in [0.29, 0.717) is 4.91 Å². The Morgan fingerprint density at radius 1 is 1.29 bits per heavy atom. The number of hydrogen-bond donors (Lipinski definition) is 0. The van der Waals surface area contributed by atoms with Crippen LogP contribution in [0.15, 0.2) is 46.2 Å².